The first-order chi connectivity index (χ1) is 11.8. The lowest BCUT2D eigenvalue weighted by Gasteiger charge is -2.01. The highest BCUT2D eigenvalue weighted by Crippen LogP contribution is 2.11. The molecule has 0 aliphatic carbocycles. The van der Waals surface area contributed by atoms with E-state index in [0.29, 0.717) is 6.42 Å². The minimum Gasteiger partial charge on any atom is -0.469 e. The molecule has 0 unspecified atom stereocenters. The number of unbranched alkanes of at least 4 members (excludes halogenated alkanes) is 11. The van der Waals surface area contributed by atoms with Gasteiger partial charge in [-0.05, 0) is 38.5 Å². The molecular weight excluding hydrogens is 296 g/mol. The maximum atomic E-state index is 11.0. The van der Waals surface area contributed by atoms with Crippen molar-refractivity contribution in [1.82, 2.24) is 0 Å². The van der Waals surface area contributed by atoms with Crippen LogP contribution in [-0.2, 0) is 9.53 Å². The molecule has 140 valence electrons. The third kappa shape index (κ3) is 19.0. The SMILES string of the molecule is CCCCC/C=C\C/C=C\CCCCCCCCCCC(=O)OC. The van der Waals surface area contributed by atoms with E-state index >= 15 is 0 Å². The highest BCUT2D eigenvalue weighted by molar-refractivity contribution is 5.68. The van der Waals surface area contributed by atoms with Crippen LogP contribution in [0.15, 0.2) is 24.3 Å². The zero-order valence-corrected chi connectivity index (χ0v) is 16.2. The average molecular weight is 337 g/mol. The summed E-state index contributed by atoms with van der Waals surface area (Å²) in [6.45, 7) is 2.25. The van der Waals surface area contributed by atoms with Gasteiger partial charge in [0, 0.05) is 6.42 Å². The molecule has 0 aliphatic heterocycles. The Morgan fingerprint density at radius 1 is 0.708 bits per heavy atom. The number of methoxy groups -OCH3 is 1. The van der Waals surface area contributed by atoms with Crippen LogP contribution in [0.3, 0.4) is 0 Å². The van der Waals surface area contributed by atoms with Crippen LogP contribution in [0.25, 0.3) is 0 Å². The third-order valence-electron chi connectivity index (χ3n) is 4.31. The molecule has 0 radical (unpaired) electrons. The van der Waals surface area contributed by atoms with Crippen molar-refractivity contribution in [1.29, 1.82) is 0 Å². The molecule has 0 aromatic carbocycles. The van der Waals surface area contributed by atoms with Crippen molar-refractivity contribution in [2.75, 3.05) is 7.11 Å². The van der Waals surface area contributed by atoms with Crippen molar-refractivity contribution in [3.63, 3.8) is 0 Å². The monoisotopic (exact) mass is 336 g/mol. The first-order valence-electron chi connectivity index (χ1n) is 10.2. The molecule has 0 rings (SSSR count). The van der Waals surface area contributed by atoms with Gasteiger partial charge < -0.3 is 4.74 Å². The Kier molecular flexibility index (Phi) is 19.1. The normalized spacial score (nSPS) is 11.6. The molecule has 0 aromatic rings. The van der Waals surface area contributed by atoms with Crippen LogP contribution in [0.1, 0.15) is 103 Å². The van der Waals surface area contributed by atoms with Gasteiger partial charge >= 0.3 is 5.97 Å². The van der Waals surface area contributed by atoms with Gasteiger partial charge in [-0.2, -0.15) is 0 Å². The first-order valence-corrected chi connectivity index (χ1v) is 10.2. The second kappa shape index (κ2) is 20.0. The fourth-order valence-corrected chi connectivity index (χ4v) is 2.71. The van der Waals surface area contributed by atoms with Crippen molar-refractivity contribution >= 4 is 5.97 Å². The standard InChI is InChI=1S/C22H40O2/c1-3-4-5-6-7-8-9-10-11-12-13-14-15-16-17-18-19-20-21-22(23)24-2/h7-8,10-11H,3-6,9,12-21H2,1-2H3/b8-7-,11-10-. The molecule has 0 aliphatic rings. The Hall–Kier alpha value is -1.05. The van der Waals surface area contributed by atoms with Gasteiger partial charge in [-0.1, -0.05) is 82.6 Å². The van der Waals surface area contributed by atoms with Crippen LogP contribution in [0, 0.1) is 0 Å². The smallest absolute Gasteiger partial charge is 0.305 e. The molecule has 0 aromatic heterocycles. The second-order valence-corrected chi connectivity index (χ2v) is 6.62. The van der Waals surface area contributed by atoms with E-state index in [2.05, 4.69) is 36.0 Å². The van der Waals surface area contributed by atoms with Crippen LogP contribution in [0.2, 0.25) is 0 Å². The van der Waals surface area contributed by atoms with Crippen LogP contribution < -0.4 is 0 Å². The third-order valence-corrected chi connectivity index (χ3v) is 4.31. The fraction of sp³-hybridized carbons (Fsp3) is 0.773. The van der Waals surface area contributed by atoms with Crippen LogP contribution in [0.4, 0.5) is 0 Å². The Morgan fingerprint density at radius 2 is 1.21 bits per heavy atom. The second-order valence-electron chi connectivity index (χ2n) is 6.62. The topological polar surface area (TPSA) is 26.3 Å². The van der Waals surface area contributed by atoms with Crippen molar-refractivity contribution in [3.05, 3.63) is 24.3 Å². The zero-order valence-electron chi connectivity index (χ0n) is 16.2. The van der Waals surface area contributed by atoms with E-state index in [-0.39, 0.29) is 5.97 Å². The van der Waals surface area contributed by atoms with E-state index < -0.39 is 0 Å². The van der Waals surface area contributed by atoms with E-state index in [1.165, 1.54) is 77.7 Å². The molecule has 0 atom stereocenters. The zero-order chi connectivity index (χ0) is 17.7. The molecule has 0 fully saturated rings. The van der Waals surface area contributed by atoms with Gasteiger partial charge in [0.1, 0.15) is 0 Å². The van der Waals surface area contributed by atoms with Gasteiger partial charge in [-0.25, -0.2) is 0 Å². The number of carbonyl (C=O) groups excluding carboxylic acids is 1. The molecule has 0 spiro atoms. The minimum atomic E-state index is -0.0740. The number of carbonyl (C=O) groups is 1. The van der Waals surface area contributed by atoms with Gasteiger partial charge in [0.25, 0.3) is 0 Å². The first kappa shape index (κ1) is 22.9. The number of ether oxygens (including phenoxy) is 1. The fourth-order valence-electron chi connectivity index (χ4n) is 2.71. The number of hydrogen-bond acceptors (Lipinski definition) is 2. The van der Waals surface area contributed by atoms with Crippen molar-refractivity contribution in [2.24, 2.45) is 0 Å². The summed E-state index contributed by atoms with van der Waals surface area (Å²) in [7, 11) is 1.46. The molecule has 0 heterocycles. The maximum absolute atomic E-state index is 11.0. The van der Waals surface area contributed by atoms with Gasteiger partial charge in [-0.15, -0.1) is 0 Å². The van der Waals surface area contributed by atoms with E-state index in [1.807, 2.05) is 0 Å². The lowest BCUT2D eigenvalue weighted by atomic mass is 10.1. The molecular formula is C22H40O2. The molecule has 2 nitrogen and oxygen atoms in total. The Morgan fingerprint density at radius 3 is 1.75 bits per heavy atom. The number of rotatable bonds is 17. The van der Waals surface area contributed by atoms with Crippen molar-refractivity contribution < 1.29 is 9.53 Å². The molecule has 0 N–H and O–H groups in total. The predicted octanol–water partition coefficient (Wildman–Crippen LogP) is 7.14. The van der Waals surface area contributed by atoms with Gasteiger partial charge in [0.15, 0.2) is 0 Å². The van der Waals surface area contributed by atoms with Gasteiger partial charge in [-0.3, -0.25) is 4.79 Å². The number of hydrogen-bond donors (Lipinski definition) is 0. The van der Waals surface area contributed by atoms with E-state index in [4.69, 9.17) is 0 Å². The quantitative estimate of drug-likeness (QED) is 0.160. The molecule has 0 bridgehead atoms. The summed E-state index contributed by atoms with van der Waals surface area (Å²) in [5, 5.41) is 0. The van der Waals surface area contributed by atoms with Crippen molar-refractivity contribution in [3.8, 4) is 0 Å². The average Bonchev–Trinajstić information content (AvgIpc) is 2.60. The number of esters is 1. The Balaban J connectivity index is 3.16. The highest BCUT2D eigenvalue weighted by atomic mass is 16.5. The van der Waals surface area contributed by atoms with E-state index in [0.717, 1.165) is 19.3 Å². The predicted molar refractivity (Wildman–Crippen MR) is 105 cm³/mol. The lowest BCUT2D eigenvalue weighted by molar-refractivity contribution is -0.140. The highest BCUT2D eigenvalue weighted by Gasteiger charge is 1.98. The van der Waals surface area contributed by atoms with Gasteiger partial charge in [0.2, 0.25) is 0 Å². The van der Waals surface area contributed by atoms with Crippen molar-refractivity contribution in [2.45, 2.75) is 103 Å². The van der Waals surface area contributed by atoms with Gasteiger partial charge in [0.05, 0.1) is 7.11 Å². The molecule has 0 saturated carbocycles. The Labute approximate surface area is 150 Å². The molecule has 24 heavy (non-hydrogen) atoms. The summed E-state index contributed by atoms with van der Waals surface area (Å²) in [5.74, 6) is -0.0740. The van der Waals surface area contributed by atoms with Crippen LogP contribution in [0.5, 0.6) is 0 Å². The van der Waals surface area contributed by atoms with E-state index in [9.17, 15) is 4.79 Å². The summed E-state index contributed by atoms with van der Waals surface area (Å²) >= 11 is 0. The summed E-state index contributed by atoms with van der Waals surface area (Å²) in [6.07, 6.45) is 27.4. The largest absolute Gasteiger partial charge is 0.469 e. The summed E-state index contributed by atoms with van der Waals surface area (Å²) in [4.78, 5) is 11.0. The van der Waals surface area contributed by atoms with Crippen LogP contribution in [-0.4, -0.2) is 13.1 Å². The maximum Gasteiger partial charge on any atom is 0.305 e. The van der Waals surface area contributed by atoms with Crippen LogP contribution >= 0.6 is 0 Å². The minimum absolute atomic E-state index is 0.0740. The number of allylic oxidation sites excluding steroid dienone is 4. The molecule has 0 amide bonds. The lowest BCUT2D eigenvalue weighted by Crippen LogP contribution is -1.99. The summed E-state index contributed by atoms with van der Waals surface area (Å²) in [6, 6.07) is 0. The van der Waals surface area contributed by atoms with E-state index in [1.54, 1.807) is 0 Å². The summed E-state index contributed by atoms with van der Waals surface area (Å²) < 4.78 is 4.64. The molecule has 2 heteroatoms. The Bertz CT molecular complexity index is 318. The molecule has 0 saturated heterocycles. The summed E-state index contributed by atoms with van der Waals surface area (Å²) in [5.41, 5.74) is 0.